The van der Waals surface area contributed by atoms with Gasteiger partial charge in [-0.15, -0.1) is 0 Å². The number of carboxylic acids is 1. The molecule has 1 aliphatic carbocycles. The van der Waals surface area contributed by atoms with Crippen molar-refractivity contribution in [2.24, 2.45) is 17.6 Å². The molecule has 2 aliphatic rings. The SMILES string of the molecule is CC=CC=CC(=O)N1CCc2ccc(OCCc3coc(C=CC4CCCCC4)n3)cc2C1C(C(=O)O)C(C)(C)N. The fourth-order valence-corrected chi connectivity index (χ4v) is 5.86. The summed E-state index contributed by atoms with van der Waals surface area (Å²) in [4.78, 5) is 31.9. The lowest BCUT2D eigenvalue weighted by molar-refractivity contribution is -0.149. The summed E-state index contributed by atoms with van der Waals surface area (Å²) in [6, 6.07) is 4.97. The third kappa shape index (κ3) is 7.97. The number of benzene rings is 1. The Bertz CT molecular complexity index is 1280. The minimum Gasteiger partial charge on any atom is -0.493 e. The molecule has 0 saturated heterocycles. The number of aromatic nitrogens is 1. The van der Waals surface area contributed by atoms with Gasteiger partial charge in [0.2, 0.25) is 11.8 Å². The van der Waals surface area contributed by atoms with Crippen molar-refractivity contribution in [2.75, 3.05) is 13.2 Å². The van der Waals surface area contributed by atoms with E-state index in [1.807, 2.05) is 37.3 Å². The number of rotatable bonds is 11. The molecule has 1 aliphatic heterocycles. The van der Waals surface area contributed by atoms with Gasteiger partial charge in [0.25, 0.3) is 0 Å². The number of allylic oxidation sites excluding steroid dienone is 4. The van der Waals surface area contributed by atoms with Crippen molar-refractivity contribution < 1.29 is 23.8 Å². The molecular weight excluding hydrogens is 518 g/mol. The number of amides is 1. The van der Waals surface area contributed by atoms with Crippen LogP contribution in [0.3, 0.4) is 0 Å². The molecule has 2 atom stereocenters. The first kappa shape index (κ1) is 30.3. The van der Waals surface area contributed by atoms with Crippen LogP contribution in [0.15, 0.2) is 59.3 Å². The molecule has 1 saturated carbocycles. The molecule has 1 aromatic carbocycles. The Balaban J connectivity index is 1.49. The lowest BCUT2D eigenvalue weighted by Gasteiger charge is -2.44. The highest BCUT2D eigenvalue weighted by molar-refractivity contribution is 5.89. The average Bonchev–Trinajstić information content (AvgIpc) is 3.39. The fraction of sp³-hybridized carbons (Fsp3) is 0.485. The largest absolute Gasteiger partial charge is 0.493 e. The summed E-state index contributed by atoms with van der Waals surface area (Å²) in [7, 11) is 0. The van der Waals surface area contributed by atoms with Crippen LogP contribution < -0.4 is 10.5 Å². The zero-order valence-corrected chi connectivity index (χ0v) is 24.4. The molecule has 1 amide bonds. The van der Waals surface area contributed by atoms with Gasteiger partial charge in [-0.2, -0.15) is 0 Å². The number of oxazole rings is 1. The molecule has 8 nitrogen and oxygen atoms in total. The second-order valence-electron chi connectivity index (χ2n) is 11.6. The van der Waals surface area contributed by atoms with Crippen molar-refractivity contribution in [3.8, 4) is 5.75 Å². The van der Waals surface area contributed by atoms with Crippen molar-refractivity contribution in [2.45, 2.75) is 77.3 Å². The van der Waals surface area contributed by atoms with Gasteiger partial charge in [0.05, 0.1) is 24.3 Å². The van der Waals surface area contributed by atoms with Gasteiger partial charge in [0, 0.05) is 24.6 Å². The first-order valence-corrected chi connectivity index (χ1v) is 14.7. The average molecular weight is 562 g/mol. The summed E-state index contributed by atoms with van der Waals surface area (Å²) < 4.78 is 11.7. The van der Waals surface area contributed by atoms with Gasteiger partial charge >= 0.3 is 5.97 Å². The van der Waals surface area contributed by atoms with Gasteiger partial charge in [-0.3, -0.25) is 9.59 Å². The first-order chi connectivity index (χ1) is 19.7. The maximum atomic E-state index is 13.2. The Morgan fingerprint density at radius 2 is 2.02 bits per heavy atom. The smallest absolute Gasteiger partial charge is 0.310 e. The third-order valence-electron chi connectivity index (χ3n) is 7.96. The Kier molecular flexibility index (Phi) is 10.2. The van der Waals surface area contributed by atoms with Crippen LogP contribution in [0.1, 0.15) is 81.6 Å². The van der Waals surface area contributed by atoms with Gasteiger partial charge in [0.1, 0.15) is 12.0 Å². The normalized spacial score (nSPS) is 19.2. The number of hydrogen-bond acceptors (Lipinski definition) is 6. The van der Waals surface area contributed by atoms with Gasteiger partial charge in [-0.1, -0.05) is 49.6 Å². The molecule has 8 heteroatoms. The number of nitrogens with zero attached hydrogens (tertiary/aromatic N) is 2. The van der Waals surface area contributed by atoms with Crippen LogP contribution in [0.5, 0.6) is 5.75 Å². The molecule has 0 radical (unpaired) electrons. The second-order valence-corrected chi connectivity index (χ2v) is 11.6. The molecule has 1 fully saturated rings. The summed E-state index contributed by atoms with van der Waals surface area (Å²) in [5.74, 6) is -0.495. The van der Waals surface area contributed by atoms with E-state index in [9.17, 15) is 14.7 Å². The van der Waals surface area contributed by atoms with Gasteiger partial charge < -0.3 is 24.9 Å². The molecular formula is C33H43N3O5. The Labute approximate surface area is 243 Å². The topological polar surface area (TPSA) is 119 Å². The van der Waals surface area contributed by atoms with E-state index in [-0.39, 0.29) is 5.91 Å². The predicted molar refractivity (Wildman–Crippen MR) is 159 cm³/mol. The van der Waals surface area contributed by atoms with E-state index in [1.165, 1.54) is 38.2 Å². The van der Waals surface area contributed by atoms with Crippen molar-refractivity contribution in [3.05, 3.63) is 77.6 Å². The van der Waals surface area contributed by atoms with E-state index in [0.29, 0.717) is 43.6 Å². The number of ether oxygens (including phenoxy) is 1. The van der Waals surface area contributed by atoms with Crippen LogP contribution in [0.2, 0.25) is 0 Å². The number of carbonyl (C=O) groups is 2. The lowest BCUT2D eigenvalue weighted by atomic mass is 9.75. The van der Waals surface area contributed by atoms with Gasteiger partial charge in [0.15, 0.2) is 0 Å². The van der Waals surface area contributed by atoms with Crippen LogP contribution in [0, 0.1) is 11.8 Å². The van der Waals surface area contributed by atoms with E-state index in [4.69, 9.17) is 14.9 Å². The highest BCUT2D eigenvalue weighted by atomic mass is 16.5. The molecule has 2 aromatic rings. The zero-order valence-electron chi connectivity index (χ0n) is 24.4. The fourth-order valence-electron chi connectivity index (χ4n) is 5.86. The van der Waals surface area contributed by atoms with E-state index >= 15 is 0 Å². The van der Waals surface area contributed by atoms with Gasteiger partial charge in [-0.25, -0.2) is 4.98 Å². The van der Waals surface area contributed by atoms with Crippen molar-refractivity contribution in [1.29, 1.82) is 0 Å². The molecule has 2 heterocycles. The van der Waals surface area contributed by atoms with Crippen LogP contribution in [-0.4, -0.2) is 45.6 Å². The van der Waals surface area contributed by atoms with Crippen molar-refractivity contribution in [3.63, 3.8) is 0 Å². The Morgan fingerprint density at radius 1 is 1.24 bits per heavy atom. The highest BCUT2D eigenvalue weighted by Crippen LogP contribution is 2.41. The van der Waals surface area contributed by atoms with E-state index in [2.05, 4.69) is 11.1 Å². The lowest BCUT2D eigenvalue weighted by Crippen LogP contribution is -2.54. The second kappa shape index (κ2) is 13.8. The Hall–Kier alpha value is -3.65. The monoisotopic (exact) mass is 561 g/mol. The summed E-state index contributed by atoms with van der Waals surface area (Å²) in [6.45, 7) is 6.02. The summed E-state index contributed by atoms with van der Waals surface area (Å²) in [5.41, 5.74) is 7.88. The molecule has 41 heavy (non-hydrogen) atoms. The van der Waals surface area contributed by atoms with Crippen molar-refractivity contribution >= 4 is 18.0 Å². The molecule has 4 rings (SSSR count). The maximum Gasteiger partial charge on any atom is 0.310 e. The quantitative estimate of drug-likeness (QED) is 0.259. The minimum absolute atomic E-state index is 0.250. The summed E-state index contributed by atoms with van der Waals surface area (Å²) in [6.07, 6.45) is 20.1. The highest BCUT2D eigenvalue weighted by Gasteiger charge is 2.45. The molecule has 220 valence electrons. The number of fused-ring (bicyclic) bond motifs is 1. The molecule has 0 spiro atoms. The van der Waals surface area contributed by atoms with E-state index < -0.39 is 23.5 Å². The number of carbonyl (C=O) groups excluding carboxylic acids is 1. The maximum absolute atomic E-state index is 13.2. The number of hydrogen-bond donors (Lipinski definition) is 2. The Morgan fingerprint density at radius 3 is 2.73 bits per heavy atom. The molecule has 2 unspecified atom stereocenters. The van der Waals surface area contributed by atoms with Crippen LogP contribution in [-0.2, 0) is 22.4 Å². The first-order valence-electron chi connectivity index (χ1n) is 14.7. The van der Waals surface area contributed by atoms with E-state index in [1.54, 1.807) is 37.2 Å². The molecule has 1 aromatic heterocycles. The molecule has 3 N–H and O–H groups in total. The van der Waals surface area contributed by atoms with Crippen molar-refractivity contribution in [1.82, 2.24) is 9.88 Å². The number of nitrogens with two attached hydrogens (primary N) is 1. The van der Waals surface area contributed by atoms with Crippen LogP contribution >= 0.6 is 0 Å². The van der Waals surface area contributed by atoms with Crippen LogP contribution in [0.4, 0.5) is 0 Å². The zero-order chi connectivity index (χ0) is 29.4. The van der Waals surface area contributed by atoms with E-state index in [0.717, 1.165) is 16.8 Å². The summed E-state index contributed by atoms with van der Waals surface area (Å²) >= 11 is 0. The summed E-state index contributed by atoms with van der Waals surface area (Å²) in [5, 5.41) is 10.3. The number of carboxylic acid groups (broad SMARTS) is 1. The van der Waals surface area contributed by atoms with Gasteiger partial charge in [-0.05, 0) is 75.3 Å². The minimum atomic E-state index is -1.08. The standard InChI is InChI=1S/C33H43N3O5/c1-4-5-7-12-29(37)36-19-17-24-14-15-26(21-27(24)31(36)30(32(38)39)33(2,3)34)40-20-18-25-22-41-28(35-25)16-13-23-10-8-6-9-11-23/h4-5,7,12-16,21-23,30-31H,6,8-11,17-20,34H2,1-3H3,(H,38,39). The predicted octanol–water partition coefficient (Wildman–Crippen LogP) is 5.89. The third-order valence-corrected chi connectivity index (χ3v) is 7.96. The molecule has 0 bridgehead atoms. The number of aliphatic carboxylic acids is 1. The van der Waals surface area contributed by atoms with Crippen LogP contribution in [0.25, 0.3) is 6.08 Å².